The van der Waals surface area contributed by atoms with Gasteiger partial charge in [0.2, 0.25) is 11.6 Å². The lowest BCUT2D eigenvalue weighted by atomic mass is 10.2. The first-order valence-corrected chi connectivity index (χ1v) is 7.43. The van der Waals surface area contributed by atoms with Gasteiger partial charge in [-0.05, 0) is 0 Å². The number of nitrogens with zero attached hydrogens (tertiary/aromatic N) is 1. The number of ether oxygens (including phenoxy) is 1. The number of aromatic amines is 1. The van der Waals surface area contributed by atoms with Gasteiger partial charge in [0.1, 0.15) is 12.3 Å². The van der Waals surface area contributed by atoms with Crippen molar-refractivity contribution in [3.05, 3.63) is 20.8 Å². The zero-order valence-electron chi connectivity index (χ0n) is 10.8. The Morgan fingerprint density at radius 2 is 2.00 bits per heavy atom. The molecule has 2 rings (SSSR count). The van der Waals surface area contributed by atoms with E-state index in [1.165, 1.54) is 0 Å². The van der Waals surface area contributed by atoms with Gasteiger partial charge in [-0.15, -0.1) is 0 Å². The van der Waals surface area contributed by atoms with Crippen molar-refractivity contribution in [2.75, 3.05) is 6.61 Å². The molecule has 0 aliphatic carbocycles. The quantitative estimate of drug-likeness (QED) is 0.325. The SMILES string of the molecule is O=c1[nH]c(=O)n([C@H]2C[C@H](O)[C@@H](COP(=O)(O)O)O2)c(O)c1O. The summed E-state index contributed by atoms with van der Waals surface area (Å²) in [6.07, 6.45) is -3.95. The molecule has 22 heavy (non-hydrogen) atoms. The summed E-state index contributed by atoms with van der Waals surface area (Å²) in [6.45, 7) is -0.660. The van der Waals surface area contributed by atoms with Gasteiger partial charge in [0.15, 0.2) is 0 Å². The van der Waals surface area contributed by atoms with E-state index < -0.39 is 55.7 Å². The Labute approximate surface area is 121 Å². The summed E-state index contributed by atoms with van der Waals surface area (Å²) in [7, 11) is -4.77. The Bertz CT molecular complexity index is 720. The number of H-pyrrole nitrogens is 1. The van der Waals surface area contributed by atoms with Gasteiger partial charge in [-0.3, -0.25) is 14.3 Å². The average Bonchev–Trinajstić information content (AvgIpc) is 2.74. The number of hydrogen-bond donors (Lipinski definition) is 6. The molecule has 1 aromatic heterocycles. The molecule has 1 aliphatic rings. The van der Waals surface area contributed by atoms with Crippen LogP contribution in [0.25, 0.3) is 0 Å². The maximum Gasteiger partial charge on any atom is 0.469 e. The second-order valence-electron chi connectivity index (χ2n) is 4.52. The van der Waals surface area contributed by atoms with Crippen molar-refractivity contribution in [2.24, 2.45) is 0 Å². The lowest BCUT2D eigenvalue weighted by Gasteiger charge is -2.17. The van der Waals surface area contributed by atoms with Crippen LogP contribution in [0, 0.1) is 0 Å². The molecule has 124 valence electrons. The Kier molecular flexibility index (Phi) is 4.42. The third-order valence-electron chi connectivity index (χ3n) is 2.99. The maximum absolute atomic E-state index is 11.6. The summed E-state index contributed by atoms with van der Waals surface area (Å²) in [5, 5.41) is 28.7. The second kappa shape index (κ2) is 5.83. The molecule has 0 unspecified atom stereocenters. The van der Waals surface area contributed by atoms with Crippen LogP contribution < -0.4 is 11.2 Å². The van der Waals surface area contributed by atoms with E-state index in [1.54, 1.807) is 4.98 Å². The van der Waals surface area contributed by atoms with E-state index in [4.69, 9.17) is 14.5 Å². The predicted molar refractivity (Wildman–Crippen MR) is 67.2 cm³/mol. The average molecular weight is 340 g/mol. The van der Waals surface area contributed by atoms with Crippen molar-refractivity contribution < 1.29 is 38.9 Å². The number of nitrogens with one attached hydrogen (secondary N) is 1. The normalized spacial score (nSPS) is 25.5. The van der Waals surface area contributed by atoms with Gasteiger partial charge < -0.3 is 29.8 Å². The second-order valence-corrected chi connectivity index (χ2v) is 5.76. The summed E-state index contributed by atoms with van der Waals surface area (Å²) in [5.74, 6) is -2.16. The van der Waals surface area contributed by atoms with E-state index in [9.17, 15) is 29.5 Å². The molecular formula is C9H13N2O10P. The van der Waals surface area contributed by atoms with Crippen LogP contribution >= 0.6 is 7.82 Å². The number of hydrogen-bond acceptors (Lipinski definition) is 8. The van der Waals surface area contributed by atoms with Crippen LogP contribution in [-0.4, -0.2) is 53.5 Å². The molecule has 0 spiro atoms. The van der Waals surface area contributed by atoms with Gasteiger partial charge in [-0.25, -0.2) is 13.9 Å². The van der Waals surface area contributed by atoms with Crippen LogP contribution in [0.5, 0.6) is 11.6 Å². The molecule has 0 radical (unpaired) electrons. The minimum absolute atomic E-state index is 0.242. The molecule has 1 saturated heterocycles. The highest BCUT2D eigenvalue weighted by molar-refractivity contribution is 7.46. The molecule has 1 aromatic rings. The molecule has 6 N–H and O–H groups in total. The smallest absolute Gasteiger partial charge is 0.469 e. The van der Waals surface area contributed by atoms with E-state index in [2.05, 4.69) is 4.52 Å². The molecule has 0 amide bonds. The molecular weight excluding hydrogens is 327 g/mol. The lowest BCUT2D eigenvalue weighted by molar-refractivity contribution is -0.0473. The highest BCUT2D eigenvalue weighted by atomic mass is 31.2. The molecule has 12 nitrogen and oxygen atoms in total. The van der Waals surface area contributed by atoms with Crippen molar-refractivity contribution in [3.63, 3.8) is 0 Å². The van der Waals surface area contributed by atoms with E-state index in [1.807, 2.05) is 0 Å². The summed E-state index contributed by atoms with van der Waals surface area (Å²) >= 11 is 0. The van der Waals surface area contributed by atoms with E-state index in [0.29, 0.717) is 4.57 Å². The minimum atomic E-state index is -4.77. The van der Waals surface area contributed by atoms with Gasteiger partial charge in [-0.2, -0.15) is 0 Å². The number of phosphoric acid groups is 1. The van der Waals surface area contributed by atoms with Crippen molar-refractivity contribution >= 4 is 7.82 Å². The molecule has 3 atom stereocenters. The molecule has 0 saturated carbocycles. The van der Waals surface area contributed by atoms with Crippen molar-refractivity contribution in [1.82, 2.24) is 9.55 Å². The monoisotopic (exact) mass is 340 g/mol. The molecule has 0 aromatic carbocycles. The molecule has 1 aliphatic heterocycles. The summed E-state index contributed by atoms with van der Waals surface area (Å²) < 4.78 is 20.5. The fraction of sp³-hybridized carbons (Fsp3) is 0.556. The van der Waals surface area contributed by atoms with E-state index in [-0.39, 0.29) is 6.42 Å². The van der Waals surface area contributed by atoms with Crippen LogP contribution in [0.3, 0.4) is 0 Å². The lowest BCUT2D eigenvalue weighted by Crippen LogP contribution is -2.32. The standard InChI is InChI=1S/C9H13N2O10P/c12-3-1-5(21-4(3)2-20-22(17,18)19)11-8(15)6(13)7(14)10-9(11)16/h3-5,12-13,15H,1-2H2,(H,10,14,16)(H2,17,18,19)/t3-,4+,5+/m0/s1. The van der Waals surface area contributed by atoms with Crippen LogP contribution in [0.15, 0.2) is 9.59 Å². The summed E-state index contributed by atoms with van der Waals surface area (Å²) in [4.78, 5) is 41.7. The molecule has 1 fully saturated rings. The summed E-state index contributed by atoms with van der Waals surface area (Å²) in [6, 6.07) is 0. The first-order chi connectivity index (χ1) is 10.1. The van der Waals surface area contributed by atoms with Gasteiger partial charge in [-0.1, -0.05) is 0 Å². The molecule has 2 heterocycles. The fourth-order valence-electron chi connectivity index (χ4n) is 1.99. The van der Waals surface area contributed by atoms with Crippen molar-refractivity contribution in [2.45, 2.75) is 24.9 Å². The number of rotatable bonds is 4. The van der Waals surface area contributed by atoms with E-state index >= 15 is 0 Å². The first kappa shape index (κ1) is 16.7. The zero-order chi connectivity index (χ0) is 16.7. The van der Waals surface area contributed by atoms with Crippen LogP contribution in [0.4, 0.5) is 0 Å². The topological polar surface area (TPSA) is 192 Å². The zero-order valence-corrected chi connectivity index (χ0v) is 11.7. The predicted octanol–water partition coefficient (Wildman–Crippen LogP) is -2.29. The third-order valence-corrected chi connectivity index (χ3v) is 3.48. The Morgan fingerprint density at radius 3 is 2.59 bits per heavy atom. The van der Waals surface area contributed by atoms with Gasteiger partial charge in [0.05, 0.1) is 12.7 Å². The van der Waals surface area contributed by atoms with Crippen molar-refractivity contribution in [3.8, 4) is 11.6 Å². The highest BCUT2D eigenvalue weighted by Gasteiger charge is 2.38. The minimum Gasteiger partial charge on any atom is -0.499 e. The highest BCUT2D eigenvalue weighted by Crippen LogP contribution is 2.38. The van der Waals surface area contributed by atoms with Gasteiger partial charge in [0.25, 0.3) is 5.56 Å². The maximum atomic E-state index is 11.6. The van der Waals surface area contributed by atoms with Gasteiger partial charge in [0, 0.05) is 6.42 Å². The van der Waals surface area contributed by atoms with Gasteiger partial charge >= 0.3 is 13.5 Å². The largest absolute Gasteiger partial charge is 0.499 e. The first-order valence-electron chi connectivity index (χ1n) is 5.90. The fourth-order valence-corrected chi connectivity index (χ4v) is 2.33. The van der Waals surface area contributed by atoms with Crippen molar-refractivity contribution in [1.29, 1.82) is 0 Å². The number of aliphatic hydroxyl groups excluding tert-OH is 1. The third kappa shape index (κ3) is 3.38. The number of phosphoric ester groups is 1. The Hall–Kier alpha value is -1.69. The van der Waals surface area contributed by atoms with E-state index in [0.717, 1.165) is 0 Å². The Balaban J connectivity index is 2.23. The number of aliphatic hydroxyl groups is 1. The van der Waals surface area contributed by atoms with Crippen LogP contribution in [0.2, 0.25) is 0 Å². The molecule has 0 bridgehead atoms. The number of aromatic nitrogens is 2. The van der Waals surface area contributed by atoms with Crippen LogP contribution in [-0.2, 0) is 13.8 Å². The Morgan fingerprint density at radius 1 is 1.36 bits per heavy atom. The molecule has 13 heteroatoms. The summed E-state index contributed by atoms with van der Waals surface area (Å²) in [5.41, 5.74) is -2.28. The number of aromatic hydroxyl groups is 2. The van der Waals surface area contributed by atoms with Crippen LogP contribution in [0.1, 0.15) is 12.6 Å².